The number of likely N-dealkylation sites (tertiary alicyclic amines) is 1. The number of amides is 2. The first-order valence-electron chi connectivity index (χ1n) is 6.51. The molecule has 1 aliphatic rings. The van der Waals surface area contributed by atoms with Gasteiger partial charge in [-0.2, -0.15) is 0 Å². The summed E-state index contributed by atoms with van der Waals surface area (Å²) in [5.41, 5.74) is 0. The second-order valence-corrected chi connectivity index (χ2v) is 4.90. The molecule has 1 fully saturated rings. The summed E-state index contributed by atoms with van der Waals surface area (Å²) in [6.07, 6.45) is 3.18. The third kappa shape index (κ3) is 4.91. The van der Waals surface area contributed by atoms with Crippen LogP contribution in [0.3, 0.4) is 0 Å². The number of rotatable bonds is 5. The molecule has 0 bridgehead atoms. The van der Waals surface area contributed by atoms with Crippen LogP contribution in [0.4, 0.5) is 4.79 Å². The van der Waals surface area contributed by atoms with Crippen LogP contribution in [0.15, 0.2) is 0 Å². The summed E-state index contributed by atoms with van der Waals surface area (Å²) >= 11 is 0. The van der Waals surface area contributed by atoms with Gasteiger partial charge in [0.25, 0.3) is 0 Å². The van der Waals surface area contributed by atoms with E-state index in [1.807, 2.05) is 14.0 Å². The molecule has 1 aliphatic heterocycles. The maximum Gasteiger partial charge on any atom is 0.326 e. The summed E-state index contributed by atoms with van der Waals surface area (Å²) in [7, 11) is 2.02. The number of carbonyl (C=O) groups is 2. The van der Waals surface area contributed by atoms with E-state index in [-0.39, 0.29) is 12.1 Å². The molecule has 0 aromatic carbocycles. The van der Waals surface area contributed by atoms with Gasteiger partial charge < -0.3 is 20.6 Å². The Kier molecular flexibility index (Phi) is 5.91. The number of nitrogens with one attached hydrogen (secondary N) is 2. The first-order valence-corrected chi connectivity index (χ1v) is 6.51. The minimum Gasteiger partial charge on any atom is -0.480 e. The van der Waals surface area contributed by atoms with E-state index in [0.29, 0.717) is 6.42 Å². The highest BCUT2D eigenvalue weighted by molar-refractivity contribution is 5.82. The van der Waals surface area contributed by atoms with Crippen molar-refractivity contribution in [2.45, 2.75) is 44.7 Å². The lowest BCUT2D eigenvalue weighted by atomic mass is 10.1. The summed E-state index contributed by atoms with van der Waals surface area (Å²) in [6, 6.07) is -1.06. The summed E-state index contributed by atoms with van der Waals surface area (Å²) < 4.78 is 0. The molecular weight excluding hydrogens is 234 g/mol. The Bertz CT molecular complexity index is 296. The first kappa shape index (κ1) is 14.8. The van der Waals surface area contributed by atoms with E-state index in [9.17, 15) is 9.59 Å². The fraction of sp³-hybridized carbons (Fsp3) is 0.833. The normalized spacial score (nSPS) is 22.2. The van der Waals surface area contributed by atoms with E-state index >= 15 is 0 Å². The van der Waals surface area contributed by atoms with Crippen molar-refractivity contribution in [1.82, 2.24) is 15.5 Å². The van der Waals surface area contributed by atoms with Crippen molar-refractivity contribution in [1.29, 1.82) is 0 Å². The highest BCUT2D eigenvalue weighted by atomic mass is 16.4. The molecule has 3 N–H and O–H groups in total. The number of hydrogen-bond acceptors (Lipinski definition) is 3. The van der Waals surface area contributed by atoms with E-state index in [1.165, 1.54) is 0 Å². The maximum atomic E-state index is 11.7. The first-order chi connectivity index (χ1) is 8.52. The lowest BCUT2D eigenvalue weighted by molar-refractivity contribution is -0.139. The second-order valence-electron chi connectivity index (χ2n) is 4.90. The van der Waals surface area contributed by atoms with Crippen LogP contribution < -0.4 is 10.6 Å². The average molecular weight is 257 g/mol. The molecule has 18 heavy (non-hydrogen) atoms. The highest BCUT2D eigenvalue weighted by Crippen LogP contribution is 2.07. The van der Waals surface area contributed by atoms with Crippen molar-refractivity contribution >= 4 is 12.0 Å². The van der Waals surface area contributed by atoms with Gasteiger partial charge in [0.15, 0.2) is 0 Å². The summed E-state index contributed by atoms with van der Waals surface area (Å²) in [4.78, 5) is 24.8. The lowest BCUT2D eigenvalue weighted by Gasteiger charge is -2.30. The number of aliphatic carboxylic acids is 1. The summed E-state index contributed by atoms with van der Waals surface area (Å²) in [6.45, 7) is 3.76. The Balaban J connectivity index is 2.37. The largest absolute Gasteiger partial charge is 0.480 e. The number of piperidine rings is 1. The van der Waals surface area contributed by atoms with E-state index < -0.39 is 12.0 Å². The van der Waals surface area contributed by atoms with Gasteiger partial charge >= 0.3 is 12.0 Å². The molecule has 0 aromatic rings. The number of carbonyl (C=O) groups excluding carboxylic acids is 1. The van der Waals surface area contributed by atoms with Crippen molar-refractivity contribution in [3.63, 3.8) is 0 Å². The summed E-state index contributed by atoms with van der Waals surface area (Å²) in [5.74, 6) is -0.979. The SMILES string of the molecule is CCC[C@@H](NC(=O)NC1CCCN(C)C1)C(=O)O. The van der Waals surface area contributed by atoms with Gasteiger partial charge in [-0.15, -0.1) is 0 Å². The molecule has 1 heterocycles. The smallest absolute Gasteiger partial charge is 0.326 e. The average Bonchev–Trinajstić information content (AvgIpc) is 2.28. The van der Waals surface area contributed by atoms with E-state index in [0.717, 1.165) is 32.4 Å². The number of nitrogens with zero attached hydrogens (tertiary/aromatic N) is 1. The van der Waals surface area contributed by atoms with Gasteiger partial charge in [0.1, 0.15) is 6.04 Å². The van der Waals surface area contributed by atoms with E-state index in [2.05, 4.69) is 15.5 Å². The molecule has 1 unspecified atom stereocenters. The predicted octanol–water partition coefficient (Wildman–Crippen LogP) is 0.633. The van der Waals surface area contributed by atoms with Crippen LogP contribution in [-0.4, -0.2) is 54.2 Å². The predicted molar refractivity (Wildman–Crippen MR) is 68.5 cm³/mol. The molecule has 6 heteroatoms. The van der Waals surface area contributed by atoms with Crippen molar-refractivity contribution in [3.05, 3.63) is 0 Å². The lowest BCUT2D eigenvalue weighted by Crippen LogP contribution is -2.52. The molecule has 0 radical (unpaired) electrons. The van der Waals surface area contributed by atoms with Crippen LogP contribution in [0.5, 0.6) is 0 Å². The Morgan fingerprint density at radius 3 is 2.78 bits per heavy atom. The van der Waals surface area contributed by atoms with Gasteiger partial charge in [-0.25, -0.2) is 9.59 Å². The topological polar surface area (TPSA) is 81.7 Å². The van der Waals surface area contributed by atoms with Gasteiger partial charge in [-0.05, 0) is 32.9 Å². The number of urea groups is 1. The molecule has 0 aromatic heterocycles. The van der Waals surface area contributed by atoms with Crippen LogP contribution in [0, 0.1) is 0 Å². The molecule has 6 nitrogen and oxygen atoms in total. The minimum atomic E-state index is -0.979. The van der Waals surface area contributed by atoms with Crippen molar-refractivity contribution < 1.29 is 14.7 Å². The van der Waals surface area contributed by atoms with Gasteiger partial charge in [-0.1, -0.05) is 13.3 Å². The Morgan fingerprint density at radius 1 is 1.50 bits per heavy atom. The molecule has 2 amide bonds. The maximum absolute atomic E-state index is 11.7. The van der Waals surface area contributed by atoms with Crippen LogP contribution in [0.2, 0.25) is 0 Å². The van der Waals surface area contributed by atoms with Crippen molar-refractivity contribution in [3.8, 4) is 0 Å². The highest BCUT2D eigenvalue weighted by Gasteiger charge is 2.22. The third-order valence-electron chi connectivity index (χ3n) is 3.14. The molecular formula is C12H23N3O3. The Hall–Kier alpha value is -1.30. The van der Waals surface area contributed by atoms with Crippen LogP contribution in [0.25, 0.3) is 0 Å². The Labute approximate surface area is 108 Å². The van der Waals surface area contributed by atoms with Gasteiger partial charge in [0.2, 0.25) is 0 Å². The Morgan fingerprint density at radius 2 is 2.22 bits per heavy atom. The van der Waals surface area contributed by atoms with Gasteiger partial charge in [0.05, 0.1) is 0 Å². The zero-order chi connectivity index (χ0) is 13.5. The van der Waals surface area contributed by atoms with E-state index in [1.54, 1.807) is 0 Å². The van der Waals surface area contributed by atoms with Crippen molar-refractivity contribution in [2.75, 3.05) is 20.1 Å². The number of likely N-dealkylation sites (N-methyl/N-ethyl adjacent to an activating group) is 1. The number of carboxylic acids is 1. The third-order valence-corrected chi connectivity index (χ3v) is 3.14. The van der Waals surface area contributed by atoms with Gasteiger partial charge in [0, 0.05) is 12.6 Å². The van der Waals surface area contributed by atoms with Crippen LogP contribution >= 0.6 is 0 Å². The standard InChI is InChI=1S/C12H23N3O3/c1-3-5-10(11(16)17)14-12(18)13-9-6-4-7-15(2)8-9/h9-10H,3-8H2,1-2H3,(H,16,17)(H2,13,14,18)/t9?,10-/m1/s1. The zero-order valence-corrected chi connectivity index (χ0v) is 11.1. The number of carboxylic acid groups (broad SMARTS) is 1. The fourth-order valence-electron chi connectivity index (χ4n) is 2.22. The molecule has 1 saturated heterocycles. The van der Waals surface area contributed by atoms with Crippen molar-refractivity contribution in [2.24, 2.45) is 0 Å². The zero-order valence-electron chi connectivity index (χ0n) is 11.1. The van der Waals surface area contributed by atoms with Crippen LogP contribution in [-0.2, 0) is 4.79 Å². The fourth-order valence-corrected chi connectivity index (χ4v) is 2.22. The van der Waals surface area contributed by atoms with Crippen LogP contribution in [0.1, 0.15) is 32.6 Å². The minimum absolute atomic E-state index is 0.111. The molecule has 0 spiro atoms. The van der Waals surface area contributed by atoms with Gasteiger partial charge in [-0.3, -0.25) is 0 Å². The molecule has 0 saturated carbocycles. The number of hydrogen-bond donors (Lipinski definition) is 3. The second kappa shape index (κ2) is 7.20. The molecule has 2 atom stereocenters. The molecule has 1 rings (SSSR count). The summed E-state index contributed by atoms with van der Waals surface area (Å²) in [5, 5.41) is 14.3. The quantitative estimate of drug-likeness (QED) is 0.675. The monoisotopic (exact) mass is 257 g/mol. The molecule has 0 aliphatic carbocycles. The molecule has 104 valence electrons. The van der Waals surface area contributed by atoms with E-state index in [4.69, 9.17) is 5.11 Å².